The Morgan fingerprint density at radius 3 is 1.98 bits per heavy atom. The summed E-state index contributed by atoms with van der Waals surface area (Å²) in [5.41, 5.74) is 10.7. The van der Waals surface area contributed by atoms with Crippen LogP contribution >= 0.6 is 0 Å². The summed E-state index contributed by atoms with van der Waals surface area (Å²) in [6, 6.07) is 59.1. The number of aromatic nitrogens is 1. The topological polar surface area (TPSA) is 14.2 Å². The van der Waals surface area contributed by atoms with Crippen LogP contribution in [-0.2, 0) is 0 Å². The van der Waals surface area contributed by atoms with Crippen LogP contribution in [-0.4, -0.2) is 4.57 Å². The molecule has 8 aromatic carbocycles. The van der Waals surface area contributed by atoms with Crippen molar-refractivity contribution in [3.63, 3.8) is 0 Å². The molecule has 46 heavy (non-hydrogen) atoms. The number of benzene rings is 8. The summed E-state index contributed by atoms with van der Waals surface area (Å²) in [4.78, 5) is 0. The molecule has 0 atom stereocenters. The second-order valence-corrected chi connectivity index (χ2v) is 12.1. The van der Waals surface area contributed by atoms with Gasteiger partial charge in [-0.3, -0.25) is 0 Å². The first kappa shape index (κ1) is 25.2. The molecule has 0 spiro atoms. The number of fused-ring (bicyclic) bond motifs is 6. The predicted octanol–water partition coefficient (Wildman–Crippen LogP) is 12.2. The Bertz CT molecular complexity index is 2660. The molecule has 0 amide bonds. The van der Waals surface area contributed by atoms with Crippen LogP contribution in [0.1, 0.15) is 0 Å². The second-order valence-electron chi connectivity index (χ2n) is 12.1. The molecule has 0 saturated heterocycles. The maximum atomic E-state index is 6.39. The lowest BCUT2D eigenvalue weighted by atomic mass is 9.91. The number of rotatable bonds is 3. The Morgan fingerprint density at radius 2 is 1.09 bits per heavy atom. The highest BCUT2D eigenvalue weighted by Crippen LogP contribution is 2.48. The van der Waals surface area contributed by atoms with Gasteiger partial charge in [-0.15, -0.1) is 0 Å². The average Bonchev–Trinajstić information content (AvgIpc) is 3.44. The molecule has 0 radical (unpaired) electrons. The number of hydrogen-bond acceptors (Lipinski definition) is 1. The monoisotopic (exact) mass is 585 g/mol. The van der Waals surface area contributed by atoms with Crippen molar-refractivity contribution in [2.45, 2.75) is 0 Å². The number of hydrogen-bond donors (Lipinski definition) is 0. The van der Waals surface area contributed by atoms with Gasteiger partial charge >= 0.3 is 0 Å². The van der Waals surface area contributed by atoms with E-state index in [2.05, 4.69) is 168 Å². The number of ether oxygens (including phenoxy) is 1. The summed E-state index contributed by atoms with van der Waals surface area (Å²) in [5, 5.41) is 7.39. The van der Waals surface area contributed by atoms with E-state index in [9.17, 15) is 0 Å². The zero-order chi connectivity index (χ0) is 30.2. The molecule has 0 unspecified atom stereocenters. The molecule has 10 rings (SSSR count). The highest BCUT2D eigenvalue weighted by atomic mass is 16.5. The minimum absolute atomic E-state index is 0.899. The molecule has 9 aromatic rings. The fourth-order valence-corrected chi connectivity index (χ4v) is 7.44. The standard InChI is InChI=1S/C44H27NO/c1-2-16-34(17-3-1)45-40-27-31-11-5-4-10-30(31)25-38(40)37-20-9-18-35(44(37)45)33-15-6-14-29(24-33)32-22-23-41-39(26-32)36-19-7-12-28-13-8-21-42(46-41)43(28)36/h1-27H. The van der Waals surface area contributed by atoms with Gasteiger partial charge < -0.3 is 9.30 Å². The first-order chi connectivity index (χ1) is 22.8. The molecule has 0 aliphatic carbocycles. The van der Waals surface area contributed by atoms with Crippen molar-refractivity contribution in [2.24, 2.45) is 0 Å². The SMILES string of the molecule is c1ccc(-n2c3cc4ccccc4cc3c3cccc(-c4cccc(-c5ccc6c(c5)-c5cccc7cccc(c57)O6)c4)c32)cc1. The maximum absolute atomic E-state index is 6.39. The summed E-state index contributed by atoms with van der Waals surface area (Å²) < 4.78 is 8.83. The molecule has 0 fully saturated rings. The lowest BCUT2D eigenvalue weighted by molar-refractivity contribution is 0.487. The molecule has 2 nitrogen and oxygen atoms in total. The van der Waals surface area contributed by atoms with Crippen LogP contribution in [0.5, 0.6) is 11.5 Å². The lowest BCUT2D eigenvalue weighted by Crippen LogP contribution is -1.97. The van der Waals surface area contributed by atoms with Crippen LogP contribution in [0, 0.1) is 0 Å². The third-order valence-electron chi connectivity index (χ3n) is 9.53. The van der Waals surface area contributed by atoms with Crippen LogP contribution in [0.15, 0.2) is 164 Å². The molecule has 0 N–H and O–H groups in total. The van der Waals surface area contributed by atoms with E-state index in [0.29, 0.717) is 0 Å². The molecule has 214 valence electrons. The molecule has 2 heterocycles. The van der Waals surface area contributed by atoms with Gasteiger partial charge in [0.25, 0.3) is 0 Å². The van der Waals surface area contributed by atoms with Gasteiger partial charge in [0.15, 0.2) is 0 Å². The summed E-state index contributed by atoms with van der Waals surface area (Å²) in [7, 11) is 0. The summed E-state index contributed by atoms with van der Waals surface area (Å²) >= 11 is 0. The van der Waals surface area contributed by atoms with Gasteiger partial charge in [0, 0.05) is 33.0 Å². The van der Waals surface area contributed by atoms with Crippen molar-refractivity contribution >= 4 is 43.4 Å². The zero-order valence-corrected chi connectivity index (χ0v) is 24.9. The first-order valence-corrected chi connectivity index (χ1v) is 15.8. The Morgan fingerprint density at radius 1 is 0.391 bits per heavy atom. The largest absolute Gasteiger partial charge is 0.456 e. The molecule has 1 aliphatic heterocycles. The van der Waals surface area contributed by atoms with Crippen molar-refractivity contribution in [2.75, 3.05) is 0 Å². The van der Waals surface area contributed by atoms with Crippen LogP contribution in [0.2, 0.25) is 0 Å². The highest BCUT2D eigenvalue weighted by Gasteiger charge is 2.21. The quantitative estimate of drug-likeness (QED) is 0.201. The van der Waals surface area contributed by atoms with E-state index in [1.165, 1.54) is 71.2 Å². The van der Waals surface area contributed by atoms with Crippen molar-refractivity contribution in [3.05, 3.63) is 164 Å². The van der Waals surface area contributed by atoms with E-state index in [0.717, 1.165) is 22.7 Å². The van der Waals surface area contributed by atoms with Crippen LogP contribution in [0.4, 0.5) is 0 Å². The zero-order valence-electron chi connectivity index (χ0n) is 24.9. The Balaban J connectivity index is 1.18. The van der Waals surface area contributed by atoms with Gasteiger partial charge in [0.1, 0.15) is 11.5 Å². The van der Waals surface area contributed by atoms with Gasteiger partial charge in [0.05, 0.1) is 11.0 Å². The Labute approximate surface area is 266 Å². The van der Waals surface area contributed by atoms with Crippen molar-refractivity contribution in [1.29, 1.82) is 0 Å². The van der Waals surface area contributed by atoms with Gasteiger partial charge in [-0.05, 0) is 86.9 Å². The van der Waals surface area contributed by atoms with Gasteiger partial charge in [-0.25, -0.2) is 0 Å². The number of para-hydroxylation sites is 2. The lowest BCUT2D eigenvalue weighted by Gasteiger charge is -2.22. The minimum Gasteiger partial charge on any atom is -0.456 e. The summed E-state index contributed by atoms with van der Waals surface area (Å²) in [5.74, 6) is 1.82. The third-order valence-corrected chi connectivity index (χ3v) is 9.53. The second kappa shape index (κ2) is 9.69. The molecule has 1 aromatic heterocycles. The first-order valence-electron chi connectivity index (χ1n) is 15.8. The fraction of sp³-hybridized carbons (Fsp3) is 0. The van der Waals surface area contributed by atoms with Crippen LogP contribution in [0.3, 0.4) is 0 Å². The van der Waals surface area contributed by atoms with Crippen molar-refractivity contribution in [3.8, 4) is 50.6 Å². The third kappa shape index (κ3) is 3.71. The maximum Gasteiger partial charge on any atom is 0.135 e. The summed E-state index contributed by atoms with van der Waals surface area (Å²) in [6.07, 6.45) is 0. The smallest absolute Gasteiger partial charge is 0.135 e. The molecule has 0 saturated carbocycles. The molecular formula is C44H27NO. The van der Waals surface area contributed by atoms with E-state index >= 15 is 0 Å². The van der Waals surface area contributed by atoms with Crippen LogP contribution < -0.4 is 4.74 Å². The van der Waals surface area contributed by atoms with Gasteiger partial charge in [-0.1, -0.05) is 115 Å². The van der Waals surface area contributed by atoms with E-state index < -0.39 is 0 Å². The van der Waals surface area contributed by atoms with E-state index in [4.69, 9.17) is 4.74 Å². The molecular weight excluding hydrogens is 558 g/mol. The van der Waals surface area contributed by atoms with E-state index in [-0.39, 0.29) is 0 Å². The Hall–Kier alpha value is -6.12. The van der Waals surface area contributed by atoms with Gasteiger partial charge in [0.2, 0.25) is 0 Å². The fourth-order valence-electron chi connectivity index (χ4n) is 7.44. The summed E-state index contributed by atoms with van der Waals surface area (Å²) in [6.45, 7) is 0. The average molecular weight is 586 g/mol. The molecule has 1 aliphatic rings. The Kier molecular flexibility index (Phi) is 5.31. The molecule has 2 heteroatoms. The highest BCUT2D eigenvalue weighted by molar-refractivity contribution is 6.17. The molecule has 0 bridgehead atoms. The van der Waals surface area contributed by atoms with Crippen LogP contribution in [0.25, 0.3) is 82.4 Å². The number of nitrogens with zero attached hydrogens (tertiary/aromatic N) is 1. The van der Waals surface area contributed by atoms with E-state index in [1.54, 1.807) is 0 Å². The van der Waals surface area contributed by atoms with Crippen molar-refractivity contribution in [1.82, 2.24) is 4.57 Å². The normalized spacial score (nSPS) is 12.1. The predicted molar refractivity (Wildman–Crippen MR) is 192 cm³/mol. The van der Waals surface area contributed by atoms with Gasteiger partial charge in [-0.2, -0.15) is 0 Å². The minimum atomic E-state index is 0.899. The van der Waals surface area contributed by atoms with E-state index in [1.807, 2.05) is 0 Å². The van der Waals surface area contributed by atoms with Crippen molar-refractivity contribution < 1.29 is 4.74 Å².